The second kappa shape index (κ2) is 6.81. The molecule has 0 aliphatic carbocycles. The lowest BCUT2D eigenvalue weighted by molar-refractivity contribution is 0.0527. The van der Waals surface area contributed by atoms with Gasteiger partial charge in [-0.25, -0.2) is 4.79 Å². The number of anilines is 1. The molecule has 2 aromatic rings. The summed E-state index contributed by atoms with van der Waals surface area (Å²) < 4.78 is 5.99. The maximum absolute atomic E-state index is 11.7. The van der Waals surface area contributed by atoms with Crippen LogP contribution in [0, 0.1) is 0 Å². The third kappa shape index (κ3) is 3.77. The highest BCUT2D eigenvalue weighted by Gasteiger charge is 2.11. The SMILES string of the molecule is CCOC(=O)c1ccc(Sc2ccc(Br)cc2)cc1N. The van der Waals surface area contributed by atoms with Crippen LogP contribution < -0.4 is 5.73 Å². The summed E-state index contributed by atoms with van der Waals surface area (Å²) in [6.45, 7) is 2.11. The Bertz CT molecular complexity index is 614. The van der Waals surface area contributed by atoms with Gasteiger partial charge in [0.2, 0.25) is 0 Å². The summed E-state index contributed by atoms with van der Waals surface area (Å²) in [5.41, 5.74) is 6.75. The second-order valence-corrected chi connectivity index (χ2v) is 6.09. The van der Waals surface area contributed by atoms with Gasteiger partial charge in [0.1, 0.15) is 0 Å². The van der Waals surface area contributed by atoms with Crippen molar-refractivity contribution < 1.29 is 9.53 Å². The fourth-order valence-electron chi connectivity index (χ4n) is 1.64. The maximum atomic E-state index is 11.7. The Morgan fingerprint density at radius 3 is 2.45 bits per heavy atom. The molecule has 2 rings (SSSR count). The van der Waals surface area contributed by atoms with Gasteiger partial charge in [0.25, 0.3) is 0 Å². The van der Waals surface area contributed by atoms with Crippen molar-refractivity contribution in [2.45, 2.75) is 16.7 Å². The Hall–Kier alpha value is -1.46. The predicted octanol–water partition coefficient (Wildman–Crippen LogP) is 4.36. The van der Waals surface area contributed by atoms with Crippen LogP contribution in [0.2, 0.25) is 0 Å². The molecule has 20 heavy (non-hydrogen) atoms. The highest BCUT2D eigenvalue weighted by Crippen LogP contribution is 2.31. The minimum atomic E-state index is -0.384. The van der Waals surface area contributed by atoms with Crippen LogP contribution in [0.1, 0.15) is 17.3 Å². The van der Waals surface area contributed by atoms with Gasteiger partial charge in [-0.2, -0.15) is 0 Å². The van der Waals surface area contributed by atoms with Crippen LogP contribution in [0.25, 0.3) is 0 Å². The highest BCUT2D eigenvalue weighted by atomic mass is 79.9. The van der Waals surface area contributed by atoms with Crippen molar-refractivity contribution in [3.8, 4) is 0 Å². The van der Waals surface area contributed by atoms with Crippen LogP contribution in [0.15, 0.2) is 56.7 Å². The number of benzene rings is 2. The van der Waals surface area contributed by atoms with Crippen LogP contribution in [0.5, 0.6) is 0 Å². The summed E-state index contributed by atoms with van der Waals surface area (Å²) in [6, 6.07) is 13.4. The van der Waals surface area contributed by atoms with E-state index in [4.69, 9.17) is 10.5 Å². The number of carbonyl (C=O) groups is 1. The first-order valence-corrected chi connectivity index (χ1v) is 7.71. The first-order chi connectivity index (χ1) is 9.60. The highest BCUT2D eigenvalue weighted by molar-refractivity contribution is 9.10. The van der Waals surface area contributed by atoms with E-state index in [2.05, 4.69) is 15.9 Å². The van der Waals surface area contributed by atoms with Gasteiger partial charge in [0, 0.05) is 20.0 Å². The summed E-state index contributed by atoms with van der Waals surface area (Å²) in [5.74, 6) is -0.384. The molecule has 0 saturated carbocycles. The molecular weight excluding hydrogens is 338 g/mol. The predicted molar refractivity (Wildman–Crippen MR) is 85.1 cm³/mol. The van der Waals surface area contributed by atoms with Crippen molar-refractivity contribution in [1.29, 1.82) is 0 Å². The summed E-state index contributed by atoms with van der Waals surface area (Å²) in [7, 11) is 0. The van der Waals surface area contributed by atoms with Crippen molar-refractivity contribution in [3.63, 3.8) is 0 Å². The van der Waals surface area contributed by atoms with Crippen LogP contribution in [-0.2, 0) is 4.74 Å². The third-order valence-corrected chi connectivity index (χ3v) is 4.09. The van der Waals surface area contributed by atoms with Gasteiger partial charge < -0.3 is 10.5 Å². The zero-order valence-corrected chi connectivity index (χ0v) is 13.3. The van der Waals surface area contributed by atoms with Gasteiger partial charge in [-0.15, -0.1) is 0 Å². The summed E-state index contributed by atoms with van der Waals surface area (Å²) in [5, 5.41) is 0. The Kier molecular flexibility index (Phi) is 5.09. The number of halogens is 1. The van der Waals surface area contributed by atoms with E-state index in [1.807, 2.05) is 30.3 Å². The molecule has 0 bridgehead atoms. The lowest BCUT2D eigenvalue weighted by Gasteiger charge is -2.07. The molecular formula is C15H14BrNO2S. The molecule has 0 heterocycles. The monoisotopic (exact) mass is 351 g/mol. The minimum Gasteiger partial charge on any atom is -0.462 e. The second-order valence-electron chi connectivity index (χ2n) is 4.03. The first kappa shape index (κ1) is 14.9. The average Bonchev–Trinajstić information content (AvgIpc) is 2.42. The number of hydrogen-bond donors (Lipinski definition) is 1. The maximum Gasteiger partial charge on any atom is 0.340 e. The van der Waals surface area contributed by atoms with Crippen LogP contribution >= 0.6 is 27.7 Å². The van der Waals surface area contributed by atoms with E-state index in [-0.39, 0.29) is 5.97 Å². The van der Waals surface area contributed by atoms with Crippen molar-refractivity contribution in [1.82, 2.24) is 0 Å². The van der Waals surface area contributed by atoms with Crippen molar-refractivity contribution in [2.24, 2.45) is 0 Å². The molecule has 2 N–H and O–H groups in total. The minimum absolute atomic E-state index is 0.341. The van der Waals surface area contributed by atoms with E-state index < -0.39 is 0 Å². The molecule has 0 spiro atoms. The molecule has 5 heteroatoms. The summed E-state index contributed by atoms with van der Waals surface area (Å²) >= 11 is 4.99. The van der Waals surface area contributed by atoms with E-state index in [1.165, 1.54) is 0 Å². The largest absolute Gasteiger partial charge is 0.462 e. The van der Waals surface area contributed by atoms with Gasteiger partial charge in [0.15, 0.2) is 0 Å². The van der Waals surface area contributed by atoms with E-state index in [9.17, 15) is 4.79 Å². The standard InChI is InChI=1S/C15H14BrNO2S/c1-2-19-15(18)13-8-7-12(9-14(13)17)20-11-5-3-10(16)4-6-11/h3-9H,2,17H2,1H3. The number of ether oxygens (including phenoxy) is 1. The number of rotatable bonds is 4. The van der Waals surface area contributed by atoms with Crippen LogP contribution in [0.3, 0.4) is 0 Å². The molecule has 0 unspecified atom stereocenters. The molecule has 0 radical (unpaired) electrons. The third-order valence-electron chi connectivity index (χ3n) is 2.57. The molecule has 0 atom stereocenters. The molecule has 0 aliphatic rings. The smallest absolute Gasteiger partial charge is 0.340 e. The van der Waals surface area contributed by atoms with Crippen molar-refractivity contribution in [3.05, 3.63) is 52.5 Å². The zero-order chi connectivity index (χ0) is 14.5. The Morgan fingerprint density at radius 1 is 1.20 bits per heavy atom. The Labute approximate surface area is 130 Å². The van der Waals surface area contributed by atoms with Crippen molar-refractivity contribution >= 4 is 39.3 Å². The van der Waals surface area contributed by atoms with E-state index in [1.54, 1.807) is 30.8 Å². The van der Waals surface area contributed by atoms with Crippen LogP contribution in [0.4, 0.5) is 5.69 Å². The van der Waals surface area contributed by atoms with Gasteiger partial charge >= 0.3 is 5.97 Å². The van der Waals surface area contributed by atoms with Gasteiger partial charge in [-0.1, -0.05) is 27.7 Å². The number of hydrogen-bond acceptors (Lipinski definition) is 4. The molecule has 0 aromatic heterocycles. The van der Waals surface area contributed by atoms with Crippen molar-refractivity contribution in [2.75, 3.05) is 12.3 Å². The fourth-order valence-corrected chi connectivity index (χ4v) is 2.77. The van der Waals surface area contributed by atoms with E-state index in [0.29, 0.717) is 17.9 Å². The topological polar surface area (TPSA) is 52.3 Å². The van der Waals surface area contributed by atoms with Gasteiger partial charge in [-0.3, -0.25) is 0 Å². The first-order valence-electron chi connectivity index (χ1n) is 6.10. The fraction of sp³-hybridized carbons (Fsp3) is 0.133. The number of nitrogens with two attached hydrogens (primary N) is 1. The molecule has 104 valence electrons. The Balaban J connectivity index is 2.16. The molecule has 0 aliphatic heterocycles. The summed E-state index contributed by atoms with van der Waals surface area (Å²) in [6.07, 6.45) is 0. The molecule has 0 amide bonds. The average molecular weight is 352 g/mol. The lowest BCUT2D eigenvalue weighted by atomic mass is 10.2. The van der Waals surface area contributed by atoms with E-state index >= 15 is 0 Å². The number of carbonyl (C=O) groups excluding carboxylic acids is 1. The molecule has 2 aromatic carbocycles. The Morgan fingerprint density at radius 2 is 1.85 bits per heavy atom. The van der Waals surface area contributed by atoms with E-state index in [0.717, 1.165) is 14.3 Å². The normalized spacial score (nSPS) is 10.3. The van der Waals surface area contributed by atoms with Crippen LogP contribution in [-0.4, -0.2) is 12.6 Å². The molecule has 0 saturated heterocycles. The quantitative estimate of drug-likeness (QED) is 0.656. The number of nitrogen functional groups attached to an aromatic ring is 1. The molecule has 0 fully saturated rings. The molecule has 3 nitrogen and oxygen atoms in total. The lowest BCUT2D eigenvalue weighted by Crippen LogP contribution is -2.07. The summed E-state index contributed by atoms with van der Waals surface area (Å²) in [4.78, 5) is 13.8. The van der Waals surface area contributed by atoms with Gasteiger partial charge in [0.05, 0.1) is 12.2 Å². The van der Waals surface area contributed by atoms with Gasteiger partial charge in [-0.05, 0) is 49.4 Å². The zero-order valence-electron chi connectivity index (χ0n) is 10.9. The number of esters is 1.